The molecule has 4 rings (SSSR count). The molecule has 0 unspecified atom stereocenters. The number of fused-ring (bicyclic) bond motifs is 1. The monoisotopic (exact) mass is 395 g/mol. The van der Waals surface area contributed by atoms with Crippen molar-refractivity contribution in [2.24, 2.45) is 0 Å². The Bertz CT molecular complexity index is 1150. The van der Waals surface area contributed by atoms with E-state index in [-0.39, 0.29) is 11.5 Å². The summed E-state index contributed by atoms with van der Waals surface area (Å²) >= 11 is 7.30. The van der Waals surface area contributed by atoms with Gasteiger partial charge in [-0.2, -0.15) is 0 Å². The maximum absolute atomic E-state index is 12.6. The maximum Gasteiger partial charge on any atom is 0.258 e. The lowest BCUT2D eigenvalue weighted by atomic mass is 10.2. The Hall–Kier alpha value is -2.96. The highest BCUT2D eigenvalue weighted by molar-refractivity contribution is 7.22. The largest absolute Gasteiger partial charge is 0.310 e. The van der Waals surface area contributed by atoms with Gasteiger partial charge < -0.3 is 4.57 Å². The number of pyridine rings is 1. The minimum atomic E-state index is -0.307. The molecule has 27 heavy (non-hydrogen) atoms. The number of nitrogens with zero attached hydrogens (tertiary/aromatic N) is 2. The van der Waals surface area contributed by atoms with Crippen molar-refractivity contribution in [3.05, 3.63) is 93.4 Å². The fourth-order valence-corrected chi connectivity index (χ4v) is 3.66. The van der Waals surface area contributed by atoms with E-state index < -0.39 is 0 Å². The Morgan fingerprint density at radius 3 is 2.63 bits per heavy atom. The van der Waals surface area contributed by atoms with E-state index in [4.69, 9.17) is 11.6 Å². The second kappa shape index (κ2) is 7.34. The summed E-state index contributed by atoms with van der Waals surface area (Å²) in [4.78, 5) is 29.1. The van der Waals surface area contributed by atoms with Gasteiger partial charge in [-0.3, -0.25) is 14.9 Å². The van der Waals surface area contributed by atoms with E-state index in [0.717, 1.165) is 15.8 Å². The van der Waals surface area contributed by atoms with Crippen LogP contribution in [0.2, 0.25) is 5.02 Å². The summed E-state index contributed by atoms with van der Waals surface area (Å²) in [7, 11) is 0. The van der Waals surface area contributed by atoms with Crippen LogP contribution in [0.25, 0.3) is 10.2 Å². The number of amides is 1. The summed E-state index contributed by atoms with van der Waals surface area (Å²) in [6, 6.07) is 17.8. The number of anilines is 1. The van der Waals surface area contributed by atoms with Crippen molar-refractivity contribution in [2.45, 2.75) is 6.54 Å². The number of halogens is 1. The molecule has 0 atom stereocenters. The Morgan fingerprint density at radius 2 is 1.85 bits per heavy atom. The maximum atomic E-state index is 12.6. The zero-order chi connectivity index (χ0) is 18.8. The molecule has 5 nitrogen and oxygen atoms in total. The van der Waals surface area contributed by atoms with Crippen molar-refractivity contribution in [2.75, 3.05) is 5.32 Å². The SMILES string of the molecule is O=C(Nc1nc2ccccc2s1)c1ccc(=O)n(Cc2ccc(Cl)cc2)c1. The first kappa shape index (κ1) is 17.5. The molecule has 1 amide bonds. The molecule has 4 aromatic rings. The number of carbonyl (C=O) groups excluding carboxylic acids is 1. The highest BCUT2D eigenvalue weighted by Crippen LogP contribution is 2.25. The van der Waals surface area contributed by atoms with Gasteiger partial charge in [-0.15, -0.1) is 0 Å². The molecule has 0 aliphatic heterocycles. The number of rotatable bonds is 4. The lowest BCUT2D eigenvalue weighted by Crippen LogP contribution is -2.22. The van der Waals surface area contributed by atoms with E-state index in [1.165, 1.54) is 28.0 Å². The van der Waals surface area contributed by atoms with E-state index in [0.29, 0.717) is 22.3 Å². The number of carbonyl (C=O) groups is 1. The smallest absolute Gasteiger partial charge is 0.258 e. The van der Waals surface area contributed by atoms with Gasteiger partial charge in [0.1, 0.15) is 0 Å². The number of hydrogen-bond donors (Lipinski definition) is 1. The van der Waals surface area contributed by atoms with E-state index in [1.807, 2.05) is 36.4 Å². The topological polar surface area (TPSA) is 64.0 Å². The first-order valence-corrected chi connectivity index (χ1v) is 9.40. The summed E-state index contributed by atoms with van der Waals surface area (Å²) in [5, 5.41) is 3.96. The van der Waals surface area contributed by atoms with Gasteiger partial charge in [-0.05, 0) is 35.9 Å². The molecule has 0 saturated carbocycles. The number of para-hydroxylation sites is 1. The average Bonchev–Trinajstić information content (AvgIpc) is 3.07. The second-order valence-electron chi connectivity index (χ2n) is 5.95. The van der Waals surface area contributed by atoms with Gasteiger partial charge in [0, 0.05) is 17.3 Å². The van der Waals surface area contributed by atoms with Crippen molar-refractivity contribution in [3.8, 4) is 0 Å². The van der Waals surface area contributed by atoms with Crippen LogP contribution in [0.3, 0.4) is 0 Å². The summed E-state index contributed by atoms with van der Waals surface area (Å²) in [6.45, 7) is 0.359. The van der Waals surface area contributed by atoms with Gasteiger partial charge in [-0.1, -0.05) is 47.2 Å². The molecule has 2 aromatic heterocycles. The van der Waals surface area contributed by atoms with Crippen molar-refractivity contribution < 1.29 is 4.79 Å². The molecule has 1 N–H and O–H groups in total. The first-order chi connectivity index (χ1) is 13.1. The van der Waals surface area contributed by atoms with E-state index in [9.17, 15) is 9.59 Å². The van der Waals surface area contributed by atoms with Gasteiger partial charge in [0.25, 0.3) is 11.5 Å². The number of nitrogens with one attached hydrogen (secondary N) is 1. The summed E-state index contributed by atoms with van der Waals surface area (Å²) in [5.41, 5.74) is 1.97. The standard InChI is InChI=1S/C20H14ClN3O2S/c21-15-8-5-13(6-9-15)11-24-12-14(7-10-18(24)25)19(26)23-20-22-16-3-1-2-4-17(16)27-20/h1-10,12H,11H2,(H,22,23,26). The lowest BCUT2D eigenvalue weighted by Gasteiger charge is -2.08. The third-order valence-corrected chi connectivity index (χ3v) is 5.23. The van der Waals surface area contributed by atoms with Gasteiger partial charge in [0.15, 0.2) is 5.13 Å². The summed E-state index contributed by atoms with van der Waals surface area (Å²) < 4.78 is 2.50. The van der Waals surface area contributed by atoms with Gasteiger partial charge in [0.05, 0.1) is 22.3 Å². The Morgan fingerprint density at radius 1 is 1.07 bits per heavy atom. The normalized spacial score (nSPS) is 10.9. The molecule has 0 saturated heterocycles. The second-order valence-corrected chi connectivity index (χ2v) is 7.42. The van der Waals surface area contributed by atoms with Crippen molar-refractivity contribution in [1.82, 2.24) is 9.55 Å². The van der Waals surface area contributed by atoms with Crippen LogP contribution < -0.4 is 10.9 Å². The van der Waals surface area contributed by atoms with Crippen LogP contribution in [0.15, 0.2) is 71.7 Å². The van der Waals surface area contributed by atoms with Crippen LogP contribution in [0.1, 0.15) is 15.9 Å². The molecule has 0 aliphatic rings. The Labute approximate surface area is 163 Å². The highest BCUT2D eigenvalue weighted by Gasteiger charge is 2.11. The predicted molar refractivity (Wildman–Crippen MR) is 109 cm³/mol. The summed E-state index contributed by atoms with van der Waals surface area (Å²) in [6.07, 6.45) is 1.56. The van der Waals surface area contributed by atoms with E-state index >= 15 is 0 Å². The van der Waals surface area contributed by atoms with Crippen LogP contribution >= 0.6 is 22.9 Å². The zero-order valence-corrected chi connectivity index (χ0v) is 15.6. The molecule has 0 bridgehead atoms. The molecule has 2 heterocycles. The minimum absolute atomic E-state index is 0.179. The lowest BCUT2D eigenvalue weighted by molar-refractivity contribution is 0.102. The molecule has 0 fully saturated rings. The van der Waals surface area contributed by atoms with E-state index in [2.05, 4.69) is 10.3 Å². The minimum Gasteiger partial charge on any atom is -0.310 e. The van der Waals surface area contributed by atoms with Crippen LogP contribution in [0.4, 0.5) is 5.13 Å². The molecular weight excluding hydrogens is 382 g/mol. The van der Waals surface area contributed by atoms with Gasteiger partial charge in [-0.25, -0.2) is 4.98 Å². The van der Waals surface area contributed by atoms with Crippen LogP contribution in [-0.4, -0.2) is 15.5 Å². The quantitative estimate of drug-likeness (QED) is 0.556. The summed E-state index contributed by atoms with van der Waals surface area (Å²) in [5.74, 6) is -0.307. The van der Waals surface area contributed by atoms with Crippen LogP contribution in [0, 0.1) is 0 Å². The average molecular weight is 396 g/mol. The fraction of sp³-hybridized carbons (Fsp3) is 0.0500. The highest BCUT2D eigenvalue weighted by atomic mass is 35.5. The molecule has 7 heteroatoms. The number of thiazole rings is 1. The Balaban J connectivity index is 1.56. The molecule has 0 spiro atoms. The van der Waals surface area contributed by atoms with Gasteiger partial charge in [0.2, 0.25) is 0 Å². The van der Waals surface area contributed by atoms with Crippen molar-refractivity contribution in [3.63, 3.8) is 0 Å². The van der Waals surface area contributed by atoms with Crippen LogP contribution in [-0.2, 0) is 6.54 Å². The third kappa shape index (κ3) is 3.92. The van der Waals surface area contributed by atoms with Gasteiger partial charge >= 0.3 is 0 Å². The predicted octanol–water partition coefficient (Wildman–Crippen LogP) is 4.41. The molecule has 2 aromatic carbocycles. The van der Waals surface area contributed by atoms with Crippen LogP contribution in [0.5, 0.6) is 0 Å². The Kier molecular flexibility index (Phi) is 4.75. The first-order valence-electron chi connectivity index (χ1n) is 8.20. The third-order valence-electron chi connectivity index (χ3n) is 4.03. The molecule has 134 valence electrons. The fourth-order valence-electron chi connectivity index (χ4n) is 2.67. The molecule has 0 aliphatic carbocycles. The van der Waals surface area contributed by atoms with E-state index in [1.54, 1.807) is 18.3 Å². The molecular formula is C20H14ClN3O2S. The zero-order valence-electron chi connectivity index (χ0n) is 14.1. The van der Waals surface area contributed by atoms with Crippen molar-refractivity contribution in [1.29, 1.82) is 0 Å². The number of aromatic nitrogens is 2. The number of hydrogen-bond acceptors (Lipinski definition) is 4. The number of benzene rings is 2. The van der Waals surface area contributed by atoms with Crippen molar-refractivity contribution >= 4 is 44.2 Å². The molecule has 0 radical (unpaired) electrons.